The number of halogens is 3. The van der Waals surface area contributed by atoms with E-state index in [4.69, 9.17) is 4.74 Å². The molecule has 0 spiro atoms. The average molecular weight is 370 g/mol. The number of carbonyl (C=O) groups is 2. The van der Waals surface area contributed by atoms with E-state index < -0.39 is 35.9 Å². The summed E-state index contributed by atoms with van der Waals surface area (Å²) in [6, 6.07) is 2.98. The van der Waals surface area contributed by atoms with Crippen LogP contribution in [0, 0.1) is 0 Å². The Morgan fingerprint density at radius 1 is 1.27 bits per heavy atom. The van der Waals surface area contributed by atoms with Gasteiger partial charge in [-0.2, -0.15) is 13.2 Å². The molecule has 8 heteroatoms. The summed E-state index contributed by atoms with van der Waals surface area (Å²) >= 11 is 0. The third kappa shape index (κ3) is 4.36. The van der Waals surface area contributed by atoms with E-state index in [0.29, 0.717) is 12.8 Å². The molecule has 2 rings (SSSR count). The van der Waals surface area contributed by atoms with Gasteiger partial charge in [-0.1, -0.05) is 31.5 Å². The molecule has 1 atom stereocenters. The number of urea groups is 1. The minimum Gasteiger partial charge on any atom is -0.459 e. The monoisotopic (exact) mass is 370 g/mol. The van der Waals surface area contributed by atoms with Crippen molar-refractivity contribution >= 4 is 12.0 Å². The maximum absolute atomic E-state index is 13.4. The van der Waals surface area contributed by atoms with E-state index in [9.17, 15) is 22.8 Å². The number of esters is 1. The number of nitrogens with one attached hydrogen (secondary N) is 2. The van der Waals surface area contributed by atoms with E-state index in [1.807, 2.05) is 6.92 Å². The van der Waals surface area contributed by atoms with Crippen LogP contribution in [0.25, 0.3) is 0 Å². The third-order valence-corrected chi connectivity index (χ3v) is 3.79. The van der Waals surface area contributed by atoms with E-state index in [0.717, 1.165) is 6.07 Å². The third-order valence-electron chi connectivity index (χ3n) is 3.79. The zero-order valence-corrected chi connectivity index (χ0v) is 14.7. The second-order valence-corrected chi connectivity index (χ2v) is 6.21. The van der Waals surface area contributed by atoms with Crippen LogP contribution in [0.3, 0.4) is 0 Å². The maximum atomic E-state index is 13.4. The fourth-order valence-electron chi connectivity index (χ4n) is 2.82. The van der Waals surface area contributed by atoms with Crippen LogP contribution in [0.2, 0.25) is 0 Å². The number of amides is 2. The summed E-state index contributed by atoms with van der Waals surface area (Å²) in [7, 11) is 0. The predicted octanol–water partition coefficient (Wildman–Crippen LogP) is 4.07. The van der Waals surface area contributed by atoms with E-state index >= 15 is 0 Å². The van der Waals surface area contributed by atoms with Gasteiger partial charge in [0.05, 0.1) is 23.3 Å². The highest BCUT2D eigenvalue weighted by atomic mass is 19.4. The average Bonchev–Trinajstić information content (AvgIpc) is 2.53. The van der Waals surface area contributed by atoms with Gasteiger partial charge in [0.25, 0.3) is 0 Å². The molecular formula is C18H21F3N2O3. The summed E-state index contributed by atoms with van der Waals surface area (Å²) in [5, 5.41) is 4.96. The van der Waals surface area contributed by atoms with Crippen LogP contribution in [-0.2, 0) is 15.7 Å². The molecule has 2 amide bonds. The van der Waals surface area contributed by atoms with Gasteiger partial charge in [-0.3, -0.25) is 0 Å². The predicted molar refractivity (Wildman–Crippen MR) is 89.0 cm³/mol. The highest BCUT2D eigenvalue weighted by Crippen LogP contribution is 2.38. The summed E-state index contributed by atoms with van der Waals surface area (Å²) in [6.07, 6.45) is -4.14. The number of alkyl halides is 3. The number of ether oxygens (including phenoxy) is 1. The number of allylic oxidation sites excluding steroid dienone is 1. The number of rotatable bonds is 5. The molecule has 0 radical (unpaired) electrons. The largest absolute Gasteiger partial charge is 0.459 e. The smallest absolute Gasteiger partial charge is 0.416 e. The first-order valence-corrected chi connectivity index (χ1v) is 8.32. The van der Waals surface area contributed by atoms with Gasteiger partial charge in [-0.05, 0) is 31.9 Å². The molecule has 0 aliphatic carbocycles. The molecule has 0 bridgehead atoms. The molecule has 1 aromatic carbocycles. The first-order chi connectivity index (χ1) is 12.1. The number of carbonyl (C=O) groups excluding carboxylic acids is 2. The van der Waals surface area contributed by atoms with Crippen LogP contribution >= 0.6 is 0 Å². The van der Waals surface area contributed by atoms with Crippen LogP contribution in [-0.4, -0.2) is 18.1 Å². The Morgan fingerprint density at radius 3 is 2.50 bits per heavy atom. The molecule has 1 aromatic rings. The second-order valence-electron chi connectivity index (χ2n) is 6.21. The molecule has 1 unspecified atom stereocenters. The fraction of sp³-hybridized carbons (Fsp3) is 0.444. The normalized spacial score (nSPS) is 17.8. The second kappa shape index (κ2) is 7.80. The quantitative estimate of drug-likeness (QED) is 0.768. The van der Waals surface area contributed by atoms with Crippen molar-refractivity contribution in [3.63, 3.8) is 0 Å². The molecule has 0 fully saturated rings. The van der Waals surface area contributed by atoms with E-state index in [2.05, 4.69) is 10.6 Å². The number of benzene rings is 1. The molecule has 142 valence electrons. The van der Waals surface area contributed by atoms with E-state index in [-0.39, 0.29) is 16.8 Å². The Morgan fingerprint density at radius 2 is 1.92 bits per heavy atom. The van der Waals surface area contributed by atoms with Crippen molar-refractivity contribution in [3.05, 3.63) is 46.7 Å². The highest BCUT2D eigenvalue weighted by molar-refractivity contribution is 5.95. The summed E-state index contributed by atoms with van der Waals surface area (Å²) < 4.78 is 45.5. The Bertz CT molecular complexity index is 727. The van der Waals surface area contributed by atoms with Gasteiger partial charge in [0.2, 0.25) is 0 Å². The minimum absolute atomic E-state index is 0.00292. The highest BCUT2D eigenvalue weighted by Gasteiger charge is 2.40. The molecule has 1 aliphatic heterocycles. The zero-order chi connectivity index (χ0) is 19.5. The van der Waals surface area contributed by atoms with Gasteiger partial charge in [-0.25, -0.2) is 9.59 Å². The van der Waals surface area contributed by atoms with Gasteiger partial charge in [0.1, 0.15) is 0 Å². The summed E-state index contributed by atoms with van der Waals surface area (Å²) in [4.78, 5) is 24.6. The van der Waals surface area contributed by atoms with Crippen molar-refractivity contribution in [2.75, 3.05) is 0 Å². The Labute approximate surface area is 149 Å². The van der Waals surface area contributed by atoms with Crippen LogP contribution in [0.5, 0.6) is 0 Å². The molecule has 1 aliphatic rings. The van der Waals surface area contributed by atoms with Crippen molar-refractivity contribution in [1.29, 1.82) is 0 Å². The van der Waals surface area contributed by atoms with Crippen LogP contribution in [0.4, 0.5) is 18.0 Å². The van der Waals surface area contributed by atoms with E-state index in [1.165, 1.54) is 18.2 Å². The zero-order valence-electron chi connectivity index (χ0n) is 14.7. The molecule has 2 N–H and O–H groups in total. The van der Waals surface area contributed by atoms with Crippen molar-refractivity contribution in [1.82, 2.24) is 10.6 Å². The number of hydrogen-bond donors (Lipinski definition) is 2. The molecule has 1 heterocycles. The molecule has 0 saturated carbocycles. The lowest BCUT2D eigenvalue weighted by Crippen LogP contribution is -2.46. The number of hydrogen-bond acceptors (Lipinski definition) is 3. The van der Waals surface area contributed by atoms with Crippen molar-refractivity contribution in [3.8, 4) is 0 Å². The van der Waals surface area contributed by atoms with Gasteiger partial charge in [0, 0.05) is 5.70 Å². The SMILES string of the molecule is CCCC1=C(C(=O)OC(C)C)C(c2ccccc2C(F)(F)F)NC(=O)N1. The minimum atomic E-state index is -4.62. The van der Waals surface area contributed by atoms with Crippen LogP contribution in [0.1, 0.15) is 50.8 Å². The molecule has 26 heavy (non-hydrogen) atoms. The van der Waals surface area contributed by atoms with Crippen LogP contribution < -0.4 is 10.6 Å². The van der Waals surface area contributed by atoms with Gasteiger partial charge < -0.3 is 15.4 Å². The lowest BCUT2D eigenvalue weighted by Gasteiger charge is -2.31. The first kappa shape index (κ1) is 19.8. The lowest BCUT2D eigenvalue weighted by molar-refractivity contribution is -0.144. The Kier molecular flexibility index (Phi) is 5.94. The van der Waals surface area contributed by atoms with Gasteiger partial charge in [0.15, 0.2) is 0 Å². The van der Waals surface area contributed by atoms with Crippen molar-refractivity contribution in [2.45, 2.75) is 51.9 Å². The lowest BCUT2D eigenvalue weighted by atomic mass is 9.90. The van der Waals surface area contributed by atoms with E-state index in [1.54, 1.807) is 13.8 Å². The first-order valence-electron chi connectivity index (χ1n) is 8.32. The topological polar surface area (TPSA) is 67.4 Å². The standard InChI is InChI=1S/C18H21F3N2O3/c1-4-7-13-14(16(24)26-10(2)3)15(23-17(25)22-13)11-8-5-6-9-12(11)18(19,20)21/h5-6,8-10,15H,4,7H2,1-3H3,(H2,22,23,25). The summed E-state index contributed by atoms with van der Waals surface area (Å²) in [6.45, 7) is 5.13. The fourth-order valence-corrected chi connectivity index (χ4v) is 2.82. The van der Waals surface area contributed by atoms with Crippen molar-refractivity contribution in [2.24, 2.45) is 0 Å². The molecule has 0 saturated heterocycles. The molecular weight excluding hydrogens is 349 g/mol. The van der Waals surface area contributed by atoms with Gasteiger partial charge >= 0.3 is 18.2 Å². The molecule has 5 nitrogen and oxygen atoms in total. The Hall–Kier alpha value is -2.51. The summed E-state index contributed by atoms with van der Waals surface area (Å²) in [5.74, 6) is -0.752. The molecule has 0 aromatic heterocycles. The summed E-state index contributed by atoms with van der Waals surface area (Å²) in [5.41, 5.74) is -0.821. The van der Waals surface area contributed by atoms with Crippen LogP contribution in [0.15, 0.2) is 35.5 Å². The maximum Gasteiger partial charge on any atom is 0.416 e. The van der Waals surface area contributed by atoms with Crippen molar-refractivity contribution < 1.29 is 27.5 Å². The Balaban J connectivity index is 2.62. The van der Waals surface area contributed by atoms with Gasteiger partial charge in [-0.15, -0.1) is 0 Å².